The first-order valence-corrected chi connectivity index (χ1v) is 7.73. The van der Waals surface area contributed by atoms with Crippen LogP contribution in [0.3, 0.4) is 0 Å². The first-order chi connectivity index (χ1) is 11.1. The zero-order valence-corrected chi connectivity index (χ0v) is 13.3. The minimum atomic E-state index is -0.991. The third-order valence-corrected chi connectivity index (χ3v) is 4.44. The van der Waals surface area contributed by atoms with Gasteiger partial charge in [-0.2, -0.15) is 0 Å². The quantitative estimate of drug-likeness (QED) is 0.910. The fourth-order valence-corrected chi connectivity index (χ4v) is 3.06. The molecule has 0 radical (unpaired) electrons. The Hall–Kier alpha value is -2.56. The summed E-state index contributed by atoms with van der Waals surface area (Å²) in [6, 6.07) is 8.08. The zero-order chi connectivity index (χ0) is 16.4. The van der Waals surface area contributed by atoms with Crippen LogP contribution in [0.15, 0.2) is 30.5 Å². The van der Waals surface area contributed by atoms with E-state index in [1.807, 2.05) is 37.4 Å². The number of rotatable bonds is 3. The lowest BCUT2D eigenvalue weighted by atomic mass is 9.88. The summed E-state index contributed by atoms with van der Waals surface area (Å²) in [5.41, 5.74) is 5.36. The topological polar surface area (TPSA) is 71.5 Å². The highest BCUT2D eigenvalue weighted by Gasteiger charge is 2.25. The third kappa shape index (κ3) is 2.99. The molecule has 23 heavy (non-hydrogen) atoms. The summed E-state index contributed by atoms with van der Waals surface area (Å²) in [7, 11) is 0. The molecule has 2 heterocycles. The van der Waals surface area contributed by atoms with Gasteiger partial charge in [-0.15, -0.1) is 0 Å². The molecule has 1 aliphatic rings. The molecular formula is C18H20N2O3. The number of benzene rings is 1. The second-order valence-electron chi connectivity index (χ2n) is 5.81. The monoisotopic (exact) mass is 312 g/mol. The second-order valence-corrected chi connectivity index (χ2v) is 5.81. The van der Waals surface area contributed by atoms with Crippen LogP contribution in [0.2, 0.25) is 0 Å². The molecular weight excluding hydrogens is 292 g/mol. The van der Waals surface area contributed by atoms with Gasteiger partial charge < -0.3 is 15.2 Å². The van der Waals surface area contributed by atoms with Crippen LogP contribution < -0.4 is 10.1 Å². The molecule has 1 aromatic heterocycles. The Kier molecular flexibility index (Phi) is 4.19. The van der Waals surface area contributed by atoms with Crippen molar-refractivity contribution in [2.75, 3.05) is 13.2 Å². The molecule has 1 atom stereocenters. The van der Waals surface area contributed by atoms with Crippen molar-refractivity contribution in [2.45, 2.75) is 26.2 Å². The fourth-order valence-electron chi connectivity index (χ4n) is 3.06. The van der Waals surface area contributed by atoms with E-state index >= 15 is 0 Å². The highest BCUT2D eigenvalue weighted by molar-refractivity contribution is 5.75. The van der Waals surface area contributed by atoms with Crippen LogP contribution in [-0.4, -0.2) is 29.3 Å². The van der Waals surface area contributed by atoms with E-state index in [-0.39, 0.29) is 5.92 Å². The van der Waals surface area contributed by atoms with E-state index in [9.17, 15) is 4.79 Å². The number of nitrogens with zero attached hydrogens (tertiary/aromatic N) is 1. The number of carbonyl (C=O) groups is 1. The number of para-hydroxylation sites is 1. The number of fused-ring (bicyclic) bond motifs is 1. The van der Waals surface area contributed by atoms with Crippen molar-refractivity contribution in [2.24, 2.45) is 0 Å². The smallest absolute Gasteiger partial charge is 0.404 e. The van der Waals surface area contributed by atoms with Gasteiger partial charge in [0.25, 0.3) is 0 Å². The van der Waals surface area contributed by atoms with Crippen molar-refractivity contribution >= 4 is 6.09 Å². The average molecular weight is 312 g/mol. The molecule has 0 fully saturated rings. The van der Waals surface area contributed by atoms with Gasteiger partial charge in [0.2, 0.25) is 0 Å². The molecule has 5 heteroatoms. The fraction of sp³-hybridized carbons (Fsp3) is 0.333. The van der Waals surface area contributed by atoms with E-state index in [1.165, 1.54) is 0 Å². The van der Waals surface area contributed by atoms with E-state index in [0.29, 0.717) is 13.2 Å². The van der Waals surface area contributed by atoms with Crippen molar-refractivity contribution in [1.82, 2.24) is 10.3 Å². The van der Waals surface area contributed by atoms with Crippen LogP contribution in [0.25, 0.3) is 11.1 Å². The predicted octanol–water partition coefficient (Wildman–Crippen LogP) is 3.50. The first-order valence-electron chi connectivity index (χ1n) is 7.73. The van der Waals surface area contributed by atoms with E-state index in [4.69, 9.17) is 9.84 Å². The number of carboxylic acid groups (broad SMARTS) is 1. The van der Waals surface area contributed by atoms with Gasteiger partial charge in [-0.05, 0) is 43.0 Å². The van der Waals surface area contributed by atoms with Crippen LogP contribution in [0.4, 0.5) is 4.79 Å². The SMILES string of the molecule is Cc1nccc(-c2cccc3c2OCC[C@H]3CNC(=O)O)c1C. The molecule has 0 aliphatic carbocycles. The van der Waals surface area contributed by atoms with Gasteiger partial charge in [0.15, 0.2) is 0 Å². The molecule has 0 saturated carbocycles. The van der Waals surface area contributed by atoms with Crippen molar-refractivity contribution in [3.63, 3.8) is 0 Å². The summed E-state index contributed by atoms with van der Waals surface area (Å²) in [5, 5.41) is 11.3. The van der Waals surface area contributed by atoms with Gasteiger partial charge >= 0.3 is 6.09 Å². The van der Waals surface area contributed by atoms with Crippen molar-refractivity contribution < 1.29 is 14.6 Å². The number of amides is 1. The molecule has 3 rings (SSSR count). The second kappa shape index (κ2) is 6.28. The molecule has 120 valence electrons. The van der Waals surface area contributed by atoms with Gasteiger partial charge in [0.05, 0.1) is 6.61 Å². The summed E-state index contributed by atoms with van der Waals surface area (Å²) in [6.45, 7) is 5.06. The maximum absolute atomic E-state index is 10.8. The van der Waals surface area contributed by atoms with Crippen LogP contribution in [-0.2, 0) is 0 Å². The maximum Gasteiger partial charge on any atom is 0.404 e. The Morgan fingerprint density at radius 2 is 2.17 bits per heavy atom. The molecule has 1 aliphatic heterocycles. The molecule has 0 bridgehead atoms. The lowest BCUT2D eigenvalue weighted by molar-refractivity contribution is 0.191. The van der Waals surface area contributed by atoms with Gasteiger partial charge in [-0.1, -0.05) is 18.2 Å². The molecule has 0 unspecified atom stereocenters. The number of hydrogen-bond acceptors (Lipinski definition) is 3. The normalized spacial score (nSPS) is 16.3. The summed E-state index contributed by atoms with van der Waals surface area (Å²) in [6.07, 6.45) is 1.63. The predicted molar refractivity (Wildman–Crippen MR) is 88.0 cm³/mol. The number of aryl methyl sites for hydroxylation is 1. The van der Waals surface area contributed by atoms with Gasteiger partial charge in [0, 0.05) is 29.9 Å². The minimum Gasteiger partial charge on any atom is -0.493 e. The standard InChI is InChI=1S/C18H20N2O3/c1-11-12(2)19-8-6-14(11)16-5-3-4-15-13(10-20-18(21)22)7-9-23-17(15)16/h3-6,8,13,20H,7,9-10H2,1-2H3,(H,21,22)/t13-/m0/s1. The van der Waals surface area contributed by atoms with E-state index in [1.54, 1.807) is 0 Å². The summed E-state index contributed by atoms with van der Waals surface area (Å²) in [4.78, 5) is 15.1. The van der Waals surface area contributed by atoms with Crippen LogP contribution >= 0.6 is 0 Å². The highest BCUT2D eigenvalue weighted by Crippen LogP contribution is 2.41. The van der Waals surface area contributed by atoms with E-state index in [2.05, 4.69) is 17.2 Å². The van der Waals surface area contributed by atoms with Crippen molar-refractivity contribution in [3.8, 4) is 16.9 Å². The lowest BCUT2D eigenvalue weighted by Crippen LogP contribution is -2.29. The Balaban J connectivity index is 2.03. The van der Waals surface area contributed by atoms with Gasteiger partial charge in [-0.25, -0.2) is 4.79 Å². The Morgan fingerprint density at radius 3 is 2.96 bits per heavy atom. The number of aromatic nitrogens is 1. The van der Waals surface area contributed by atoms with Gasteiger partial charge in [-0.3, -0.25) is 4.98 Å². The van der Waals surface area contributed by atoms with Crippen LogP contribution in [0, 0.1) is 13.8 Å². The Morgan fingerprint density at radius 1 is 1.35 bits per heavy atom. The third-order valence-electron chi connectivity index (χ3n) is 4.44. The number of pyridine rings is 1. The average Bonchev–Trinajstić information content (AvgIpc) is 2.55. The van der Waals surface area contributed by atoms with Crippen molar-refractivity contribution in [1.29, 1.82) is 0 Å². The Labute approximate surface area is 135 Å². The van der Waals surface area contributed by atoms with Gasteiger partial charge in [0.1, 0.15) is 5.75 Å². The molecule has 0 spiro atoms. The molecule has 2 N–H and O–H groups in total. The van der Waals surface area contributed by atoms with Crippen molar-refractivity contribution in [3.05, 3.63) is 47.3 Å². The molecule has 1 amide bonds. The summed E-state index contributed by atoms with van der Waals surface area (Å²) >= 11 is 0. The summed E-state index contributed by atoms with van der Waals surface area (Å²) < 4.78 is 5.95. The highest BCUT2D eigenvalue weighted by atomic mass is 16.5. The van der Waals surface area contributed by atoms with Crippen LogP contribution in [0.5, 0.6) is 5.75 Å². The van der Waals surface area contributed by atoms with Crippen LogP contribution in [0.1, 0.15) is 29.2 Å². The van der Waals surface area contributed by atoms with E-state index < -0.39 is 6.09 Å². The lowest BCUT2D eigenvalue weighted by Gasteiger charge is -2.28. The molecule has 2 aromatic rings. The zero-order valence-electron chi connectivity index (χ0n) is 13.3. The van der Waals surface area contributed by atoms with E-state index in [0.717, 1.165) is 40.1 Å². The largest absolute Gasteiger partial charge is 0.493 e. The molecule has 5 nitrogen and oxygen atoms in total. The molecule has 0 saturated heterocycles. The number of ether oxygens (including phenoxy) is 1. The maximum atomic E-state index is 10.8. The minimum absolute atomic E-state index is 0.137. The number of nitrogens with one attached hydrogen (secondary N) is 1. The summed E-state index contributed by atoms with van der Waals surface area (Å²) in [5.74, 6) is 1.00. The Bertz CT molecular complexity index is 743. The molecule has 1 aromatic carbocycles. The first kappa shape index (κ1) is 15.3. The number of hydrogen-bond donors (Lipinski definition) is 2.